The first-order valence-electron chi connectivity index (χ1n) is 8.30. The van der Waals surface area contributed by atoms with Gasteiger partial charge in [-0.15, -0.1) is 11.3 Å². The highest BCUT2D eigenvalue weighted by Gasteiger charge is 2.20. The minimum Gasteiger partial charge on any atom is -0.380 e. The van der Waals surface area contributed by atoms with Gasteiger partial charge in [-0.3, -0.25) is 9.36 Å². The zero-order chi connectivity index (χ0) is 16.7. The van der Waals surface area contributed by atoms with Crippen LogP contribution in [0.25, 0.3) is 15.9 Å². The molecule has 0 aromatic carbocycles. The maximum atomic E-state index is 13.0. The Bertz CT molecular complexity index is 979. The van der Waals surface area contributed by atoms with Crippen LogP contribution in [0.2, 0.25) is 0 Å². The highest BCUT2D eigenvalue weighted by atomic mass is 32.1. The first-order chi connectivity index (χ1) is 11.7. The topological polar surface area (TPSA) is 62.5 Å². The highest BCUT2D eigenvalue weighted by molar-refractivity contribution is 7.16. The fraction of sp³-hybridized carbons (Fsp3) is 0.471. The molecule has 4 rings (SSSR count). The molecule has 0 aliphatic carbocycles. The molecule has 1 fully saturated rings. The molecular formula is C17H21N5OS. The first kappa shape index (κ1) is 15.5. The molecule has 0 radical (unpaired) electrons. The van der Waals surface area contributed by atoms with Gasteiger partial charge < -0.3 is 10.2 Å². The molecular weight excluding hydrogens is 322 g/mol. The Morgan fingerprint density at radius 1 is 1.33 bits per heavy atom. The van der Waals surface area contributed by atoms with Crippen molar-refractivity contribution in [2.75, 3.05) is 27.2 Å². The van der Waals surface area contributed by atoms with Crippen molar-refractivity contribution in [1.29, 1.82) is 0 Å². The summed E-state index contributed by atoms with van der Waals surface area (Å²) in [4.78, 5) is 24.3. The summed E-state index contributed by atoms with van der Waals surface area (Å²) < 4.78 is 3.43. The van der Waals surface area contributed by atoms with Crippen molar-refractivity contribution in [1.82, 2.24) is 19.8 Å². The van der Waals surface area contributed by atoms with E-state index in [2.05, 4.69) is 20.2 Å². The van der Waals surface area contributed by atoms with Crippen molar-refractivity contribution < 1.29 is 0 Å². The number of fused-ring (bicyclic) bond motifs is 3. The zero-order valence-electron chi connectivity index (χ0n) is 14.0. The molecule has 1 N–H and O–H groups in total. The Labute approximate surface area is 143 Å². The molecule has 0 unspecified atom stereocenters. The summed E-state index contributed by atoms with van der Waals surface area (Å²) in [7, 11) is 4.05. The lowest BCUT2D eigenvalue weighted by Gasteiger charge is -2.24. The predicted molar refractivity (Wildman–Crippen MR) is 96.7 cm³/mol. The molecule has 0 atom stereocenters. The molecule has 1 saturated heterocycles. The molecule has 126 valence electrons. The van der Waals surface area contributed by atoms with E-state index in [1.807, 2.05) is 30.9 Å². The molecule has 0 bridgehead atoms. The van der Waals surface area contributed by atoms with E-state index >= 15 is 0 Å². The number of piperidine rings is 1. The van der Waals surface area contributed by atoms with Crippen molar-refractivity contribution in [3.05, 3.63) is 38.8 Å². The summed E-state index contributed by atoms with van der Waals surface area (Å²) in [6, 6.07) is 0.242. The quantitative estimate of drug-likeness (QED) is 0.867. The molecule has 0 spiro atoms. The SMILES string of the molecule is CN(C)C1=c2c(sc3c(=O)n(C4CCNCC4)cnc23)=NC=CC1. The Morgan fingerprint density at radius 3 is 2.88 bits per heavy atom. The molecule has 7 heteroatoms. The van der Waals surface area contributed by atoms with Crippen LogP contribution in [0.4, 0.5) is 0 Å². The molecule has 2 aliphatic heterocycles. The third-order valence-corrected chi connectivity index (χ3v) is 5.82. The fourth-order valence-corrected chi connectivity index (χ4v) is 4.53. The van der Waals surface area contributed by atoms with Gasteiger partial charge in [-0.25, -0.2) is 9.98 Å². The normalized spacial score (nSPS) is 18.3. The summed E-state index contributed by atoms with van der Waals surface area (Å²) in [6.45, 7) is 1.91. The van der Waals surface area contributed by atoms with Crippen molar-refractivity contribution >= 4 is 27.3 Å². The Balaban J connectivity index is 2.00. The minimum absolute atomic E-state index is 0.0715. The van der Waals surface area contributed by atoms with E-state index < -0.39 is 0 Å². The Kier molecular flexibility index (Phi) is 3.97. The second kappa shape index (κ2) is 6.14. The maximum Gasteiger partial charge on any atom is 0.271 e. The van der Waals surface area contributed by atoms with Crippen molar-refractivity contribution in [2.24, 2.45) is 4.99 Å². The van der Waals surface area contributed by atoms with Gasteiger partial charge in [-0.2, -0.15) is 0 Å². The largest absolute Gasteiger partial charge is 0.380 e. The van der Waals surface area contributed by atoms with Gasteiger partial charge in [0.05, 0.1) is 17.1 Å². The van der Waals surface area contributed by atoms with Gasteiger partial charge in [-0.1, -0.05) is 6.08 Å². The standard InChI is InChI=1S/C17H21N5OS/c1-21(2)12-4-3-7-19-16-13(12)14-15(24-16)17(23)22(10-20-14)11-5-8-18-9-6-11/h3,7,10-11,18H,4-6,8-9H2,1-2H3. The lowest BCUT2D eigenvalue weighted by molar-refractivity contribution is 0.359. The smallest absolute Gasteiger partial charge is 0.271 e. The van der Waals surface area contributed by atoms with E-state index in [9.17, 15) is 4.79 Å². The number of thiophene rings is 1. The number of aromatic nitrogens is 2. The summed E-state index contributed by atoms with van der Waals surface area (Å²) in [5.41, 5.74) is 2.02. The van der Waals surface area contributed by atoms with Crippen LogP contribution in [-0.2, 0) is 0 Å². The molecule has 24 heavy (non-hydrogen) atoms. The lowest BCUT2D eigenvalue weighted by Crippen LogP contribution is -2.34. The lowest BCUT2D eigenvalue weighted by atomic mass is 10.1. The molecule has 2 aromatic heterocycles. The van der Waals surface area contributed by atoms with Crippen LogP contribution in [-0.4, -0.2) is 41.6 Å². The molecule has 0 saturated carbocycles. The second-order valence-corrected chi connectivity index (χ2v) is 7.46. The van der Waals surface area contributed by atoms with E-state index in [1.165, 1.54) is 11.3 Å². The van der Waals surface area contributed by atoms with Crippen LogP contribution in [0.1, 0.15) is 25.3 Å². The average molecular weight is 343 g/mol. The van der Waals surface area contributed by atoms with Gasteiger partial charge in [0, 0.05) is 38.5 Å². The average Bonchev–Trinajstić information content (AvgIpc) is 2.82. The minimum atomic E-state index is 0.0715. The van der Waals surface area contributed by atoms with Gasteiger partial charge in [-0.05, 0) is 25.9 Å². The number of hydrogen-bond donors (Lipinski definition) is 1. The Morgan fingerprint density at radius 2 is 2.12 bits per heavy atom. The Hall–Kier alpha value is -1.99. The highest BCUT2D eigenvalue weighted by Crippen LogP contribution is 2.18. The maximum absolute atomic E-state index is 13.0. The summed E-state index contributed by atoms with van der Waals surface area (Å²) >= 11 is 1.46. The summed E-state index contributed by atoms with van der Waals surface area (Å²) in [5.74, 6) is 0. The van der Waals surface area contributed by atoms with Crippen LogP contribution in [0.5, 0.6) is 0 Å². The number of nitrogens with one attached hydrogen (secondary N) is 1. The van der Waals surface area contributed by atoms with E-state index in [0.29, 0.717) is 0 Å². The van der Waals surface area contributed by atoms with Crippen LogP contribution >= 0.6 is 11.3 Å². The van der Waals surface area contributed by atoms with E-state index in [4.69, 9.17) is 0 Å². The zero-order valence-corrected chi connectivity index (χ0v) is 14.8. The first-order valence-corrected chi connectivity index (χ1v) is 9.12. The van der Waals surface area contributed by atoms with Crippen molar-refractivity contribution in [3.8, 4) is 0 Å². The molecule has 4 heterocycles. The monoisotopic (exact) mass is 343 g/mol. The van der Waals surface area contributed by atoms with Gasteiger partial charge in [0.1, 0.15) is 9.37 Å². The molecule has 2 aromatic rings. The summed E-state index contributed by atoms with van der Waals surface area (Å²) in [6.07, 6.45) is 8.36. The third kappa shape index (κ3) is 2.48. The second-order valence-electron chi connectivity index (χ2n) is 6.46. The number of nitrogens with zero attached hydrogens (tertiary/aromatic N) is 4. The van der Waals surface area contributed by atoms with Gasteiger partial charge in [0.25, 0.3) is 5.56 Å². The van der Waals surface area contributed by atoms with Crippen molar-refractivity contribution in [3.63, 3.8) is 0 Å². The number of rotatable bonds is 2. The number of hydrogen-bond acceptors (Lipinski definition) is 6. The van der Waals surface area contributed by atoms with Crippen molar-refractivity contribution in [2.45, 2.75) is 25.3 Å². The van der Waals surface area contributed by atoms with Gasteiger partial charge in [0.2, 0.25) is 0 Å². The van der Waals surface area contributed by atoms with Gasteiger partial charge in [0.15, 0.2) is 0 Å². The van der Waals surface area contributed by atoms with Crippen LogP contribution < -0.4 is 20.8 Å². The van der Waals surface area contributed by atoms with E-state index in [1.54, 1.807) is 6.33 Å². The van der Waals surface area contributed by atoms with Crippen LogP contribution in [0.3, 0.4) is 0 Å². The fourth-order valence-electron chi connectivity index (χ4n) is 3.46. The van der Waals surface area contributed by atoms with Crippen LogP contribution in [0, 0.1) is 0 Å². The third-order valence-electron chi connectivity index (χ3n) is 4.74. The molecule has 2 aliphatic rings. The predicted octanol–water partition coefficient (Wildman–Crippen LogP) is 0.589. The molecule has 0 amide bonds. The summed E-state index contributed by atoms with van der Waals surface area (Å²) in [5, 5.41) is 4.35. The van der Waals surface area contributed by atoms with Crippen LogP contribution in [0.15, 0.2) is 28.4 Å². The molecule has 6 nitrogen and oxygen atoms in total. The van der Waals surface area contributed by atoms with E-state index in [-0.39, 0.29) is 11.6 Å². The van der Waals surface area contributed by atoms with E-state index in [0.717, 1.165) is 58.2 Å². The van der Waals surface area contributed by atoms with Gasteiger partial charge >= 0.3 is 0 Å².